The monoisotopic (exact) mass is 419 g/mol. The predicted octanol–water partition coefficient (Wildman–Crippen LogP) is 3.47. The van der Waals surface area contributed by atoms with E-state index >= 15 is 0 Å². The first-order valence-electron chi connectivity index (χ1n) is 8.62. The number of ether oxygens (including phenoxy) is 1. The number of benzene rings is 2. The summed E-state index contributed by atoms with van der Waals surface area (Å²) in [7, 11) is -2.27. The normalized spacial score (nSPS) is 11.6. The van der Waals surface area contributed by atoms with Crippen molar-refractivity contribution in [2.24, 2.45) is 0 Å². The Kier molecular flexibility index (Phi) is 5.69. The minimum absolute atomic E-state index is 0.00364. The van der Waals surface area contributed by atoms with Gasteiger partial charge in [0.2, 0.25) is 10.0 Å². The van der Waals surface area contributed by atoms with Gasteiger partial charge in [-0.25, -0.2) is 18.1 Å². The average molecular weight is 420 g/mol. The summed E-state index contributed by atoms with van der Waals surface area (Å²) in [6, 6.07) is 8.18. The Balaban J connectivity index is 1.97. The van der Waals surface area contributed by atoms with Gasteiger partial charge in [0.25, 0.3) is 5.91 Å². The highest BCUT2D eigenvalue weighted by Crippen LogP contribution is 2.31. The predicted molar refractivity (Wildman–Crippen MR) is 111 cm³/mol. The van der Waals surface area contributed by atoms with Gasteiger partial charge >= 0.3 is 0 Å². The Morgan fingerprint density at radius 1 is 1.21 bits per heavy atom. The number of anilines is 1. The van der Waals surface area contributed by atoms with E-state index in [1.165, 1.54) is 36.6 Å². The molecule has 0 aliphatic heterocycles. The van der Waals surface area contributed by atoms with Crippen LogP contribution in [0.3, 0.4) is 0 Å². The molecule has 0 saturated carbocycles. The molecule has 0 bridgehead atoms. The summed E-state index contributed by atoms with van der Waals surface area (Å²) < 4.78 is 33.2. The number of aryl methyl sites for hydroxylation is 2. The lowest BCUT2D eigenvalue weighted by Crippen LogP contribution is -2.23. The van der Waals surface area contributed by atoms with Crippen LogP contribution >= 0.6 is 11.3 Å². The zero-order valence-electron chi connectivity index (χ0n) is 16.0. The quantitative estimate of drug-likeness (QED) is 0.638. The number of nitrogens with zero attached hydrogens (tertiary/aromatic N) is 1. The molecule has 0 unspecified atom stereocenters. The molecule has 0 atom stereocenters. The van der Waals surface area contributed by atoms with Crippen LogP contribution in [0.15, 0.2) is 35.2 Å². The molecular weight excluding hydrogens is 398 g/mol. The third-order valence-corrected chi connectivity index (χ3v) is 6.77. The maximum Gasteiger partial charge on any atom is 0.261 e. The molecule has 28 heavy (non-hydrogen) atoms. The van der Waals surface area contributed by atoms with E-state index < -0.39 is 15.9 Å². The van der Waals surface area contributed by atoms with E-state index in [4.69, 9.17) is 4.74 Å². The van der Waals surface area contributed by atoms with E-state index in [0.29, 0.717) is 5.13 Å². The van der Waals surface area contributed by atoms with Crippen LogP contribution in [0.25, 0.3) is 10.2 Å². The third kappa shape index (κ3) is 4.01. The van der Waals surface area contributed by atoms with Crippen molar-refractivity contribution < 1.29 is 17.9 Å². The van der Waals surface area contributed by atoms with Crippen LogP contribution in [-0.2, 0) is 10.0 Å². The van der Waals surface area contributed by atoms with E-state index in [9.17, 15) is 13.2 Å². The lowest BCUT2D eigenvalue weighted by Gasteiger charge is -2.11. The minimum Gasteiger partial charge on any atom is -0.496 e. The Morgan fingerprint density at radius 2 is 1.96 bits per heavy atom. The number of hydrogen-bond acceptors (Lipinski definition) is 6. The largest absolute Gasteiger partial charge is 0.496 e. The van der Waals surface area contributed by atoms with Gasteiger partial charge in [-0.1, -0.05) is 24.3 Å². The number of nitrogens with one attached hydrogen (secondary N) is 2. The molecule has 0 aliphatic carbocycles. The van der Waals surface area contributed by atoms with Gasteiger partial charge in [-0.3, -0.25) is 10.1 Å². The Labute approximate surface area is 167 Å². The molecule has 0 aliphatic rings. The van der Waals surface area contributed by atoms with Crippen molar-refractivity contribution >= 4 is 42.6 Å². The van der Waals surface area contributed by atoms with Gasteiger partial charge in [-0.15, -0.1) is 0 Å². The third-order valence-electron chi connectivity index (χ3n) is 4.10. The molecule has 0 spiro atoms. The van der Waals surface area contributed by atoms with Gasteiger partial charge in [-0.05, 0) is 49.2 Å². The molecule has 1 amide bonds. The first-order chi connectivity index (χ1) is 13.2. The highest BCUT2D eigenvalue weighted by Gasteiger charge is 2.20. The molecule has 148 valence electrons. The topological polar surface area (TPSA) is 97.4 Å². The second-order valence-corrected chi connectivity index (χ2v) is 9.03. The summed E-state index contributed by atoms with van der Waals surface area (Å²) in [5.74, 6) is -0.208. The first kappa shape index (κ1) is 20.2. The Morgan fingerprint density at radius 3 is 2.64 bits per heavy atom. The lowest BCUT2D eigenvalue weighted by molar-refractivity contribution is 0.102. The van der Waals surface area contributed by atoms with E-state index in [0.717, 1.165) is 21.3 Å². The summed E-state index contributed by atoms with van der Waals surface area (Å²) in [6.45, 7) is 5.92. The smallest absolute Gasteiger partial charge is 0.261 e. The van der Waals surface area contributed by atoms with Crippen molar-refractivity contribution in [3.63, 3.8) is 0 Å². The van der Waals surface area contributed by atoms with Gasteiger partial charge in [0.15, 0.2) is 5.13 Å². The molecule has 3 rings (SSSR count). The SMILES string of the molecule is CCNS(=O)(=O)c1ccc(OC)c(C(=O)Nc2nc3cc(C)cc(C)c3s2)c1. The standard InChI is InChI=1S/C19H21N3O4S2/c1-5-20-28(24,25)13-6-7-16(26-4)14(10-13)18(23)22-19-21-15-9-11(2)8-12(3)17(15)27-19/h6-10,20H,5H2,1-4H3,(H,21,22,23). The van der Waals surface area contributed by atoms with Crippen molar-refractivity contribution in [3.05, 3.63) is 47.0 Å². The van der Waals surface area contributed by atoms with Crippen molar-refractivity contribution in [1.29, 1.82) is 0 Å². The van der Waals surface area contributed by atoms with E-state index in [2.05, 4.69) is 21.1 Å². The van der Waals surface area contributed by atoms with Gasteiger partial charge in [0.05, 0.1) is 27.8 Å². The van der Waals surface area contributed by atoms with Crippen molar-refractivity contribution in [2.75, 3.05) is 19.0 Å². The van der Waals surface area contributed by atoms with Crippen LogP contribution in [0.2, 0.25) is 0 Å². The molecule has 0 radical (unpaired) electrons. The van der Waals surface area contributed by atoms with Crippen molar-refractivity contribution in [3.8, 4) is 5.75 Å². The maximum atomic E-state index is 12.8. The van der Waals surface area contributed by atoms with Crippen LogP contribution in [-0.4, -0.2) is 33.0 Å². The van der Waals surface area contributed by atoms with Crippen LogP contribution in [0.1, 0.15) is 28.4 Å². The highest BCUT2D eigenvalue weighted by molar-refractivity contribution is 7.89. The Bertz CT molecular complexity index is 1150. The maximum absolute atomic E-state index is 12.8. The van der Waals surface area contributed by atoms with Crippen LogP contribution in [0.5, 0.6) is 5.75 Å². The number of carbonyl (C=O) groups is 1. The number of rotatable bonds is 6. The van der Waals surface area contributed by atoms with Gasteiger partial charge < -0.3 is 4.74 Å². The van der Waals surface area contributed by atoms with Crippen LogP contribution in [0, 0.1) is 13.8 Å². The van der Waals surface area contributed by atoms with E-state index in [-0.39, 0.29) is 22.8 Å². The van der Waals surface area contributed by atoms with Gasteiger partial charge in [0, 0.05) is 6.54 Å². The van der Waals surface area contributed by atoms with E-state index in [1.54, 1.807) is 6.92 Å². The van der Waals surface area contributed by atoms with Gasteiger partial charge in [0.1, 0.15) is 5.75 Å². The zero-order chi connectivity index (χ0) is 20.5. The summed E-state index contributed by atoms with van der Waals surface area (Å²) in [6.07, 6.45) is 0. The number of amides is 1. The van der Waals surface area contributed by atoms with Crippen LogP contribution < -0.4 is 14.8 Å². The van der Waals surface area contributed by atoms with Gasteiger partial charge in [-0.2, -0.15) is 0 Å². The fraction of sp³-hybridized carbons (Fsp3) is 0.263. The molecule has 2 N–H and O–H groups in total. The number of fused-ring (bicyclic) bond motifs is 1. The zero-order valence-corrected chi connectivity index (χ0v) is 17.6. The number of carbonyl (C=O) groups excluding carboxylic acids is 1. The number of sulfonamides is 1. The van der Waals surface area contributed by atoms with Crippen molar-refractivity contribution in [2.45, 2.75) is 25.7 Å². The number of methoxy groups -OCH3 is 1. The van der Waals surface area contributed by atoms with Crippen molar-refractivity contribution in [1.82, 2.24) is 9.71 Å². The summed E-state index contributed by atoms with van der Waals surface area (Å²) in [4.78, 5) is 17.3. The fourth-order valence-corrected chi connectivity index (χ4v) is 4.88. The summed E-state index contributed by atoms with van der Waals surface area (Å²) in [5, 5.41) is 3.19. The lowest BCUT2D eigenvalue weighted by atomic mass is 10.1. The Hall–Kier alpha value is -2.49. The molecule has 7 nitrogen and oxygen atoms in total. The molecule has 1 aromatic heterocycles. The second-order valence-electron chi connectivity index (χ2n) is 6.27. The number of thiazole rings is 1. The molecular formula is C19H21N3O4S2. The molecule has 0 fully saturated rings. The summed E-state index contributed by atoms with van der Waals surface area (Å²) in [5.41, 5.74) is 3.11. The van der Waals surface area contributed by atoms with Crippen LogP contribution in [0.4, 0.5) is 5.13 Å². The summed E-state index contributed by atoms with van der Waals surface area (Å²) >= 11 is 1.37. The highest BCUT2D eigenvalue weighted by atomic mass is 32.2. The molecule has 9 heteroatoms. The molecule has 2 aromatic carbocycles. The second kappa shape index (κ2) is 7.86. The molecule has 0 saturated heterocycles. The fourth-order valence-electron chi connectivity index (χ4n) is 2.90. The van der Waals surface area contributed by atoms with E-state index in [1.807, 2.05) is 19.9 Å². The number of aromatic nitrogens is 1. The minimum atomic E-state index is -3.69. The molecule has 1 heterocycles. The average Bonchev–Trinajstić information content (AvgIpc) is 3.03. The first-order valence-corrected chi connectivity index (χ1v) is 10.9. The molecule has 3 aromatic rings. The number of hydrogen-bond donors (Lipinski definition) is 2.